The monoisotopic (exact) mass is 361 g/mol. The first kappa shape index (κ1) is 18.4. The van der Waals surface area contributed by atoms with E-state index in [9.17, 15) is 19.5 Å². The molecular weight excluding hydrogens is 338 g/mol. The van der Waals surface area contributed by atoms with Gasteiger partial charge in [-0.2, -0.15) is 0 Å². The molecule has 3 rings (SSSR count). The van der Waals surface area contributed by atoms with E-state index >= 15 is 0 Å². The first-order valence-corrected chi connectivity index (χ1v) is 8.85. The maximum Gasteiger partial charge on any atom is 0.337 e. The lowest BCUT2D eigenvalue weighted by molar-refractivity contribution is -0.141. The summed E-state index contributed by atoms with van der Waals surface area (Å²) < 4.78 is 10.1. The van der Waals surface area contributed by atoms with E-state index < -0.39 is 12.1 Å². The first-order chi connectivity index (χ1) is 12.5. The summed E-state index contributed by atoms with van der Waals surface area (Å²) in [7, 11) is 1.31. The van der Waals surface area contributed by atoms with Gasteiger partial charge in [-0.25, -0.2) is 4.79 Å². The fourth-order valence-electron chi connectivity index (χ4n) is 3.67. The van der Waals surface area contributed by atoms with Crippen molar-refractivity contribution in [2.75, 3.05) is 20.3 Å². The zero-order valence-corrected chi connectivity index (χ0v) is 14.7. The molecule has 7 nitrogen and oxygen atoms in total. The van der Waals surface area contributed by atoms with Gasteiger partial charge in [-0.05, 0) is 37.1 Å². The number of carbonyl (C=O) groups excluding carboxylic acids is 3. The molecule has 1 aliphatic carbocycles. The van der Waals surface area contributed by atoms with Crippen LogP contribution in [0.4, 0.5) is 0 Å². The van der Waals surface area contributed by atoms with Crippen molar-refractivity contribution in [3.63, 3.8) is 0 Å². The fraction of sp³-hybridized carbons (Fsp3) is 0.526. The van der Waals surface area contributed by atoms with Crippen LogP contribution in [-0.4, -0.2) is 54.2 Å². The SMILES string of the molecule is COC(=O)c1ccc(OC[C@H](O)CN2C(=O)[C@H]3CCCC[C@@H]3C2=O)cc1. The van der Waals surface area contributed by atoms with Crippen molar-refractivity contribution < 1.29 is 29.0 Å². The van der Waals surface area contributed by atoms with Gasteiger partial charge < -0.3 is 14.6 Å². The Morgan fingerprint density at radius 3 is 2.27 bits per heavy atom. The Hall–Kier alpha value is -2.41. The highest BCUT2D eigenvalue weighted by Crippen LogP contribution is 2.37. The van der Waals surface area contributed by atoms with E-state index in [2.05, 4.69) is 4.74 Å². The summed E-state index contributed by atoms with van der Waals surface area (Å²) in [6.45, 7) is -0.102. The Morgan fingerprint density at radius 2 is 1.73 bits per heavy atom. The smallest absolute Gasteiger partial charge is 0.337 e. The van der Waals surface area contributed by atoms with E-state index in [1.165, 1.54) is 12.0 Å². The second-order valence-electron chi connectivity index (χ2n) is 6.77. The molecule has 0 bridgehead atoms. The number of aliphatic hydroxyl groups is 1. The van der Waals surface area contributed by atoms with Crippen LogP contribution in [0.2, 0.25) is 0 Å². The van der Waals surface area contributed by atoms with E-state index in [4.69, 9.17) is 4.74 Å². The number of hydrogen-bond acceptors (Lipinski definition) is 6. The number of β-amino-alcohol motifs (C(OH)–C–C–N with tert-alkyl or cyclic N) is 1. The topological polar surface area (TPSA) is 93.1 Å². The Kier molecular flexibility index (Phi) is 5.56. The molecule has 26 heavy (non-hydrogen) atoms. The predicted molar refractivity (Wildman–Crippen MR) is 91.5 cm³/mol. The number of imide groups is 1. The molecule has 1 saturated carbocycles. The molecule has 0 aromatic heterocycles. The van der Waals surface area contributed by atoms with Crippen molar-refractivity contribution in [2.24, 2.45) is 11.8 Å². The normalized spacial score (nSPS) is 23.5. The molecule has 1 aliphatic heterocycles. The van der Waals surface area contributed by atoms with Crippen molar-refractivity contribution in [2.45, 2.75) is 31.8 Å². The average molecular weight is 361 g/mol. The van der Waals surface area contributed by atoms with Gasteiger partial charge >= 0.3 is 5.97 Å². The number of likely N-dealkylation sites (tertiary alicyclic amines) is 1. The van der Waals surface area contributed by atoms with E-state index in [0.29, 0.717) is 11.3 Å². The van der Waals surface area contributed by atoms with Crippen LogP contribution in [0.5, 0.6) is 5.75 Å². The summed E-state index contributed by atoms with van der Waals surface area (Å²) in [6.07, 6.45) is 2.49. The number of methoxy groups -OCH3 is 1. The molecule has 0 unspecified atom stereocenters. The molecule has 0 radical (unpaired) electrons. The second-order valence-corrected chi connectivity index (χ2v) is 6.77. The summed E-state index contributed by atoms with van der Waals surface area (Å²) >= 11 is 0. The Labute approximate surface area is 151 Å². The number of aliphatic hydroxyl groups excluding tert-OH is 1. The molecule has 1 aromatic carbocycles. The van der Waals surface area contributed by atoms with Crippen LogP contribution >= 0.6 is 0 Å². The van der Waals surface area contributed by atoms with Crippen LogP contribution < -0.4 is 4.74 Å². The van der Waals surface area contributed by atoms with Crippen LogP contribution in [0.1, 0.15) is 36.0 Å². The van der Waals surface area contributed by atoms with Crippen molar-refractivity contribution in [1.82, 2.24) is 4.90 Å². The number of fused-ring (bicyclic) bond motifs is 1. The van der Waals surface area contributed by atoms with E-state index in [-0.39, 0.29) is 36.8 Å². The highest BCUT2D eigenvalue weighted by atomic mass is 16.5. The van der Waals surface area contributed by atoms with Gasteiger partial charge in [0.1, 0.15) is 18.5 Å². The molecule has 2 aliphatic rings. The highest BCUT2D eigenvalue weighted by Gasteiger charge is 2.48. The van der Waals surface area contributed by atoms with Gasteiger partial charge in [-0.1, -0.05) is 12.8 Å². The summed E-state index contributed by atoms with van der Waals surface area (Å²) in [5, 5.41) is 10.2. The van der Waals surface area contributed by atoms with Gasteiger partial charge in [0.15, 0.2) is 0 Å². The number of esters is 1. The zero-order valence-electron chi connectivity index (χ0n) is 14.7. The van der Waals surface area contributed by atoms with Crippen molar-refractivity contribution in [3.05, 3.63) is 29.8 Å². The van der Waals surface area contributed by atoms with Crippen LogP contribution in [0.25, 0.3) is 0 Å². The molecule has 0 spiro atoms. The number of amides is 2. The molecule has 1 N–H and O–H groups in total. The van der Waals surface area contributed by atoms with Gasteiger partial charge in [-0.3, -0.25) is 14.5 Å². The van der Waals surface area contributed by atoms with E-state index in [1.54, 1.807) is 24.3 Å². The number of ether oxygens (including phenoxy) is 2. The van der Waals surface area contributed by atoms with Gasteiger partial charge in [0.25, 0.3) is 0 Å². The summed E-state index contributed by atoms with van der Waals surface area (Å²) in [4.78, 5) is 37.4. The average Bonchev–Trinajstić information content (AvgIpc) is 2.91. The Bertz CT molecular complexity index is 662. The molecule has 1 heterocycles. The van der Waals surface area contributed by atoms with Gasteiger partial charge in [0.05, 0.1) is 31.1 Å². The zero-order chi connectivity index (χ0) is 18.7. The molecule has 7 heteroatoms. The largest absolute Gasteiger partial charge is 0.491 e. The van der Waals surface area contributed by atoms with Gasteiger partial charge in [-0.15, -0.1) is 0 Å². The second kappa shape index (κ2) is 7.86. The highest BCUT2D eigenvalue weighted by molar-refractivity contribution is 6.05. The fourth-order valence-corrected chi connectivity index (χ4v) is 3.67. The lowest BCUT2D eigenvalue weighted by Crippen LogP contribution is -2.40. The Balaban J connectivity index is 1.52. The van der Waals surface area contributed by atoms with E-state index in [0.717, 1.165) is 25.7 Å². The van der Waals surface area contributed by atoms with Gasteiger partial charge in [0.2, 0.25) is 11.8 Å². The maximum atomic E-state index is 12.4. The van der Waals surface area contributed by atoms with Crippen LogP contribution in [0, 0.1) is 11.8 Å². The molecule has 2 amide bonds. The molecular formula is C19H23NO6. The Morgan fingerprint density at radius 1 is 1.15 bits per heavy atom. The number of benzene rings is 1. The standard InChI is InChI=1S/C19H23NO6/c1-25-19(24)12-6-8-14(9-7-12)26-11-13(21)10-20-17(22)15-4-2-3-5-16(15)18(20)23/h6-9,13,15-16,21H,2-5,10-11H2,1H3/t13-,15+,16+/m1/s1. The predicted octanol–water partition coefficient (Wildman–Crippen LogP) is 1.39. The minimum absolute atomic E-state index is 0.0507. The molecule has 2 fully saturated rings. The molecule has 140 valence electrons. The van der Waals surface area contributed by atoms with Crippen molar-refractivity contribution >= 4 is 17.8 Å². The van der Waals surface area contributed by atoms with Crippen LogP contribution in [0.15, 0.2) is 24.3 Å². The number of rotatable bonds is 6. The van der Waals surface area contributed by atoms with Crippen LogP contribution in [-0.2, 0) is 14.3 Å². The maximum absolute atomic E-state index is 12.4. The summed E-state index contributed by atoms with van der Waals surface area (Å²) in [5.41, 5.74) is 0.399. The summed E-state index contributed by atoms with van der Waals surface area (Å²) in [6, 6.07) is 6.32. The molecule has 3 atom stereocenters. The third kappa shape index (κ3) is 3.72. The van der Waals surface area contributed by atoms with E-state index in [1.807, 2.05) is 0 Å². The number of nitrogens with zero attached hydrogens (tertiary/aromatic N) is 1. The minimum Gasteiger partial charge on any atom is -0.491 e. The van der Waals surface area contributed by atoms with Crippen LogP contribution in [0.3, 0.4) is 0 Å². The van der Waals surface area contributed by atoms with Crippen molar-refractivity contribution in [1.29, 1.82) is 0 Å². The quantitative estimate of drug-likeness (QED) is 0.608. The lowest BCUT2D eigenvalue weighted by Gasteiger charge is -2.19. The first-order valence-electron chi connectivity index (χ1n) is 8.85. The summed E-state index contributed by atoms with van der Waals surface area (Å²) in [5.74, 6) is -0.721. The molecule has 1 saturated heterocycles. The lowest BCUT2D eigenvalue weighted by atomic mass is 9.81. The minimum atomic E-state index is -0.969. The number of hydrogen-bond donors (Lipinski definition) is 1. The van der Waals surface area contributed by atoms with Crippen molar-refractivity contribution in [3.8, 4) is 5.75 Å². The third-order valence-electron chi connectivity index (χ3n) is 5.04. The third-order valence-corrected chi connectivity index (χ3v) is 5.04. The number of carbonyl (C=O) groups is 3. The van der Waals surface area contributed by atoms with Gasteiger partial charge in [0, 0.05) is 0 Å². The molecule has 1 aromatic rings.